The van der Waals surface area contributed by atoms with E-state index in [1.807, 2.05) is 17.5 Å². The number of amides is 1. The summed E-state index contributed by atoms with van der Waals surface area (Å²) < 4.78 is 13.5. The van der Waals surface area contributed by atoms with Crippen molar-refractivity contribution in [2.24, 2.45) is 0 Å². The van der Waals surface area contributed by atoms with Crippen LogP contribution in [0.1, 0.15) is 10.9 Å². The van der Waals surface area contributed by atoms with Crippen LogP contribution in [0.4, 0.5) is 15.8 Å². The number of hydrogen-bond donors (Lipinski definition) is 2. The van der Waals surface area contributed by atoms with Gasteiger partial charge in [0, 0.05) is 4.88 Å². The van der Waals surface area contributed by atoms with Gasteiger partial charge in [-0.3, -0.25) is 4.79 Å². The third-order valence-corrected chi connectivity index (χ3v) is 3.59. The number of carbonyl (C=O) groups is 1. The van der Waals surface area contributed by atoms with Crippen molar-refractivity contribution >= 4 is 28.6 Å². The third kappa shape index (κ3) is 1.68. The Labute approximate surface area is 101 Å². The fourth-order valence-corrected chi connectivity index (χ4v) is 2.62. The minimum atomic E-state index is -0.440. The smallest absolute Gasteiger partial charge is 0.252 e. The fourth-order valence-electron chi connectivity index (χ4n) is 1.84. The second-order valence-corrected chi connectivity index (χ2v) is 4.72. The van der Waals surface area contributed by atoms with Gasteiger partial charge in [0.15, 0.2) is 0 Å². The molecule has 2 N–H and O–H groups in total. The third-order valence-electron chi connectivity index (χ3n) is 2.65. The molecule has 0 radical (unpaired) electrons. The number of nitrogens with one attached hydrogen (secondary N) is 2. The number of para-hydroxylation sites is 1. The Morgan fingerprint density at radius 2 is 2.12 bits per heavy atom. The number of rotatable bonds is 1. The summed E-state index contributed by atoms with van der Waals surface area (Å²) in [6.07, 6.45) is 0. The molecule has 1 atom stereocenters. The van der Waals surface area contributed by atoms with Crippen LogP contribution in [0.5, 0.6) is 0 Å². The van der Waals surface area contributed by atoms with E-state index in [0.717, 1.165) is 4.88 Å². The molecular formula is C12H9FN2OS. The molecule has 0 fully saturated rings. The average Bonchev–Trinajstić information content (AvgIpc) is 2.83. The van der Waals surface area contributed by atoms with Crippen LogP contribution in [0.25, 0.3) is 0 Å². The van der Waals surface area contributed by atoms with Crippen molar-refractivity contribution < 1.29 is 9.18 Å². The molecule has 17 heavy (non-hydrogen) atoms. The zero-order valence-corrected chi connectivity index (χ0v) is 9.55. The summed E-state index contributed by atoms with van der Waals surface area (Å²) in [5.41, 5.74) is 0.841. The summed E-state index contributed by atoms with van der Waals surface area (Å²) in [5.74, 6) is -0.655. The van der Waals surface area contributed by atoms with Crippen LogP contribution in [0.2, 0.25) is 0 Å². The predicted octanol–water partition coefficient (Wildman–Crippen LogP) is 2.99. The summed E-state index contributed by atoms with van der Waals surface area (Å²) in [4.78, 5) is 12.8. The van der Waals surface area contributed by atoms with Gasteiger partial charge in [-0.15, -0.1) is 11.3 Å². The molecule has 1 amide bonds. The molecule has 0 spiro atoms. The van der Waals surface area contributed by atoms with E-state index >= 15 is 0 Å². The van der Waals surface area contributed by atoms with Gasteiger partial charge in [0.2, 0.25) is 0 Å². The first kappa shape index (κ1) is 10.3. The molecule has 1 aromatic carbocycles. The van der Waals surface area contributed by atoms with E-state index in [1.54, 1.807) is 12.1 Å². The molecule has 3 nitrogen and oxygen atoms in total. The maximum atomic E-state index is 13.5. The second kappa shape index (κ2) is 3.85. The first-order chi connectivity index (χ1) is 8.25. The lowest BCUT2D eigenvalue weighted by atomic mass is 10.1. The standard InChI is InChI=1S/C12H9FN2OS/c13-7-3-1-4-8-10(7)15-12(16)11(14-8)9-5-2-6-17-9/h1-6,11,14H,(H,15,16). The fraction of sp³-hybridized carbons (Fsp3) is 0.0833. The number of halogens is 1. The number of carbonyl (C=O) groups excluding carboxylic acids is 1. The van der Waals surface area contributed by atoms with Crippen molar-refractivity contribution in [3.8, 4) is 0 Å². The van der Waals surface area contributed by atoms with E-state index in [9.17, 15) is 9.18 Å². The molecule has 5 heteroatoms. The number of thiophene rings is 1. The second-order valence-electron chi connectivity index (χ2n) is 3.74. The minimum Gasteiger partial charge on any atom is -0.368 e. The molecule has 2 heterocycles. The summed E-state index contributed by atoms with van der Waals surface area (Å²) in [6, 6.07) is 8.01. The van der Waals surface area contributed by atoms with Crippen molar-refractivity contribution in [3.05, 3.63) is 46.4 Å². The average molecular weight is 248 g/mol. The van der Waals surface area contributed by atoms with Crippen LogP contribution in [-0.4, -0.2) is 5.91 Å². The van der Waals surface area contributed by atoms with Gasteiger partial charge in [-0.25, -0.2) is 4.39 Å². The molecule has 1 unspecified atom stereocenters. The molecule has 86 valence electrons. The highest BCUT2D eigenvalue weighted by Crippen LogP contribution is 2.35. The van der Waals surface area contributed by atoms with Crippen molar-refractivity contribution in [3.63, 3.8) is 0 Å². The van der Waals surface area contributed by atoms with Crippen molar-refractivity contribution in [1.82, 2.24) is 0 Å². The van der Waals surface area contributed by atoms with E-state index in [-0.39, 0.29) is 11.6 Å². The van der Waals surface area contributed by atoms with Crippen LogP contribution < -0.4 is 10.6 Å². The van der Waals surface area contributed by atoms with Crippen molar-refractivity contribution in [2.45, 2.75) is 6.04 Å². The topological polar surface area (TPSA) is 41.1 Å². The van der Waals surface area contributed by atoms with Crippen LogP contribution >= 0.6 is 11.3 Å². The van der Waals surface area contributed by atoms with Crippen molar-refractivity contribution in [2.75, 3.05) is 10.6 Å². The van der Waals surface area contributed by atoms with Gasteiger partial charge < -0.3 is 10.6 Å². The van der Waals surface area contributed by atoms with Gasteiger partial charge in [-0.05, 0) is 23.6 Å². The van der Waals surface area contributed by atoms with Crippen LogP contribution in [0.3, 0.4) is 0 Å². The van der Waals surface area contributed by atoms with E-state index < -0.39 is 11.9 Å². The van der Waals surface area contributed by atoms with Crippen LogP contribution in [0, 0.1) is 5.82 Å². The lowest BCUT2D eigenvalue weighted by Crippen LogP contribution is -2.31. The Kier molecular flexibility index (Phi) is 2.33. The molecule has 0 aliphatic carbocycles. The summed E-state index contributed by atoms with van der Waals surface area (Å²) in [7, 11) is 0. The van der Waals surface area contributed by atoms with Crippen LogP contribution in [0.15, 0.2) is 35.7 Å². The lowest BCUT2D eigenvalue weighted by Gasteiger charge is -2.26. The normalized spacial score (nSPS) is 18.2. The largest absolute Gasteiger partial charge is 0.368 e. The van der Waals surface area contributed by atoms with Gasteiger partial charge in [0.25, 0.3) is 5.91 Å². The quantitative estimate of drug-likeness (QED) is 0.814. The Morgan fingerprint density at radius 1 is 1.24 bits per heavy atom. The highest BCUT2D eigenvalue weighted by Gasteiger charge is 2.28. The van der Waals surface area contributed by atoms with Gasteiger partial charge in [0.05, 0.1) is 5.69 Å². The van der Waals surface area contributed by atoms with E-state index in [4.69, 9.17) is 0 Å². The predicted molar refractivity (Wildman–Crippen MR) is 65.7 cm³/mol. The maximum absolute atomic E-state index is 13.5. The molecule has 3 rings (SSSR count). The number of anilines is 2. The molecule has 0 bridgehead atoms. The Hall–Kier alpha value is -1.88. The Morgan fingerprint density at radius 3 is 2.88 bits per heavy atom. The summed E-state index contributed by atoms with van der Waals surface area (Å²) in [5, 5.41) is 7.55. The van der Waals surface area contributed by atoms with E-state index in [1.165, 1.54) is 17.4 Å². The number of fused-ring (bicyclic) bond motifs is 1. The molecule has 0 saturated carbocycles. The highest BCUT2D eigenvalue weighted by atomic mass is 32.1. The van der Waals surface area contributed by atoms with Gasteiger partial charge in [0.1, 0.15) is 17.5 Å². The zero-order chi connectivity index (χ0) is 11.8. The minimum absolute atomic E-state index is 0.227. The molecule has 1 aliphatic heterocycles. The molecule has 2 aromatic rings. The Bertz CT molecular complexity index is 568. The highest BCUT2D eigenvalue weighted by molar-refractivity contribution is 7.10. The van der Waals surface area contributed by atoms with Crippen molar-refractivity contribution in [1.29, 1.82) is 0 Å². The van der Waals surface area contributed by atoms with E-state index in [2.05, 4.69) is 10.6 Å². The molecule has 1 aliphatic rings. The summed E-state index contributed by atoms with van der Waals surface area (Å²) >= 11 is 1.49. The SMILES string of the molecule is O=C1Nc2c(F)cccc2NC1c1cccs1. The van der Waals surface area contributed by atoms with Crippen LogP contribution in [-0.2, 0) is 4.79 Å². The first-order valence-corrected chi connectivity index (χ1v) is 6.03. The number of hydrogen-bond acceptors (Lipinski definition) is 3. The van der Waals surface area contributed by atoms with Gasteiger partial charge >= 0.3 is 0 Å². The number of benzene rings is 1. The zero-order valence-electron chi connectivity index (χ0n) is 8.74. The molecule has 0 saturated heterocycles. The van der Waals surface area contributed by atoms with E-state index in [0.29, 0.717) is 5.69 Å². The van der Waals surface area contributed by atoms with Gasteiger partial charge in [-0.1, -0.05) is 12.1 Å². The monoisotopic (exact) mass is 248 g/mol. The van der Waals surface area contributed by atoms with Gasteiger partial charge in [-0.2, -0.15) is 0 Å². The molecular weight excluding hydrogens is 239 g/mol. The lowest BCUT2D eigenvalue weighted by molar-refractivity contribution is -0.117. The Balaban J connectivity index is 2.01. The maximum Gasteiger partial charge on any atom is 0.252 e. The molecule has 1 aromatic heterocycles. The summed E-state index contributed by atoms with van der Waals surface area (Å²) in [6.45, 7) is 0. The first-order valence-electron chi connectivity index (χ1n) is 5.15.